The van der Waals surface area contributed by atoms with E-state index in [0.717, 1.165) is 97.7 Å². The Labute approximate surface area is 283 Å². The predicted molar refractivity (Wildman–Crippen MR) is 183 cm³/mol. The van der Waals surface area contributed by atoms with Crippen LogP contribution in [0.4, 0.5) is 5.69 Å². The third kappa shape index (κ3) is 13.5. The second kappa shape index (κ2) is 22.3. The van der Waals surface area contributed by atoms with Crippen molar-refractivity contribution in [2.75, 3.05) is 0 Å². The van der Waals surface area contributed by atoms with Crippen molar-refractivity contribution in [2.45, 2.75) is 79.1 Å². The van der Waals surface area contributed by atoms with Crippen LogP contribution >= 0.6 is 0 Å². The van der Waals surface area contributed by atoms with Crippen molar-refractivity contribution in [2.24, 2.45) is 0 Å². The van der Waals surface area contributed by atoms with Crippen molar-refractivity contribution in [3.63, 3.8) is 0 Å². The van der Waals surface area contributed by atoms with E-state index in [0.29, 0.717) is 11.3 Å². The molecule has 0 aliphatic rings. The van der Waals surface area contributed by atoms with Crippen LogP contribution in [0.15, 0.2) is 60.7 Å². The standard InChI is InChI=1S/C34H32N4.2C2H4N.Ir/c1-4-8-26-20-31(37-33(22-26)28-14-12-25(24-35)13-15-28)10-6-7-11-32-21-27(9-5-2)23-34(38-32)29-16-18-30(36-3)19-17-29;2*1-2-3;/h12-14,16,18-23H,4-11H2,1-2H3;2*2H,1H3;/q-2;2*-1;. The number of pyridine rings is 2. The Hall–Kier alpha value is -4.29. The van der Waals surface area contributed by atoms with Crippen LogP contribution in [-0.2, 0) is 45.8 Å². The molecular formula is C38H40IrN6-4. The average molecular weight is 773 g/mol. The Kier molecular flexibility index (Phi) is 19.2. The van der Waals surface area contributed by atoms with E-state index in [1.165, 1.54) is 11.1 Å². The molecule has 0 spiro atoms. The molecule has 0 unspecified atom stereocenters. The number of hydrogen-bond acceptors (Lipinski definition) is 3. The monoisotopic (exact) mass is 773 g/mol. The SMILES string of the molecule is CC=[N-].CC=[N-].[C-]#[N+]c1c[c-]c(-c2cc(CCC)cc(CCCCc3cc(CCC)cc(-c4[c-]cc(C#N)cc4)n3)n2)cc1.[Ir]. The molecule has 235 valence electrons. The summed E-state index contributed by atoms with van der Waals surface area (Å²) in [6, 6.07) is 28.4. The number of rotatable bonds is 11. The number of nitriles is 1. The van der Waals surface area contributed by atoms with E-state index < -0.39 is 0 Å². The minimum Gasteiger partial charge on any atom is -0.814 e. The van der Waals surface area contributed by atoms with Crippen LogP contribution in [0.2, 0.25) is 0 Å². The van der Waals surface area contributed by atoms with Gasteiger partial charge in [-0.1, -0.05) is 75.9 Å². The summed E-state index contributed by atoms with van der Waals surface area (Å²) in [6.07, 6.45) is 10.1. The molecule has 0 fully saturated rings. The van der Waals surface area contributed by atoms with Crippen molar-refractivity contribution >= 4 is 18.1 Å². The third-order valence-corrected chi connectivity index (χ3v) is 6.49. The van der Waals surface area contributed by atoms with E-state index in [2.05, 4.69) is 61.2 Å². The first kappa shape index (κ1) is 38.7. The molecule has 2 heterocycles. The summed E-state index contributed by atoms with van der Waals surface area (Å²) in [4.78, 5) is 13.3. The van der Waals surface area contributed by atoms with Gasteiger partial charge in [-0.2, -0.15) is 4.85 Å². The molecule has 0 bridgehead atoms. The Morgan fingerprint density at radius 1 is 0.778 bits per heavy atom. The summed E-state index contributed by atoms with van der Waals surface area (Å²) < 4.78 is 0. The van der Waals surface area contributed by atoms with Crippen molar-refractivity contribution in [1.82, 2.24) is 9.97 Å². The van der Waals surface area contributed by atoms with Gasteiger partial charge in [-0.05, 0) is 67.6 Å². The molecule has 0 amide bonds. The summed E-state index contributed by atoms with van der Waals surface area (Å²) in [7, 11) is 0. The number of aromatic nitrogens is 2. The fourth-order valence-electron chi connectivity index (χ4n) is 4.61. The molecule has 0 saturated heterocycles. The van der Waals surface area contributed by atoms with Crippen LogP contribution in [0.1, 0.15) is 81.5 Å². The summed E-state index contributed by atoms with van der Waals surface area (Å²) in [5.41, 5.74) is 9.72. The van der Waals surface area contributed by atoms with Crippen molar-refractivity contribution in [1.29, 1.82) is 5.26 Å². The number of unbranched alkanes of at least 4 members (excludes halogenated alkanes) is 1. The topological polar surface area (TPSA) is 98.5 Å². The number of hydrogen-bond donors (Lipinski definition) is 0. The molecule has 4 rings (SSSR count). The Balaban J connectivity index is 0.00000134. The van der Waals surface area contributed by atoms with E-state index in [1.54, 1.807) is 26.0 Å². The first-order valence-corrected chi connectivity index (χ1v) is 15.1. The van der Waals surface area contributed by atoms with Gasteiger partial charge in [0.25, 0.3) is 0 Å². The zero-order valence-electron chi connectivity index (χ0n) is 26.6. The first-order valence-electron chi connectivity index (χ1n) is 15.1. The largest absolute Gasteiger partial charge is 0.814 e. The molecule has 45 heavy (non-hydrogen) atoms. The molecule has 0 atom stereocenters. The molecule has 0 aliphatic heterocycles. The van der Waals surface area contributed by atoms with Gasteiger partial charge in [-0.15, -0.1) is 47.5 Å². The number of aryl methyl sites for hydroxylation is 4. The fraction of sp³-hybridized carbons (Fsp3) is 0.316. The molecular weight excluding hydrogens is 733 g/mol. The van der Waals surface area contributed by atoms with Crippen LogP contribution in [0.25, 0.3) is 38.2 Å². The number of nitrogens with zero attached hydrogens (tertiary/aromatic N) is 6. The summed E-state index contributed by atoms with van der Waals surface area (Å²) in [6.45, 7) is 14.7. The van der Waals surface area contributed by atoms with E-state index >= 15 is 0 Å². The summed E-state index contributed by atoms with van der Waals surface area (Å²) in [5.74, 6) is 0. The van der Waals surface area contributed by atoms with Crippen LogP contribution < -0.4 is 0 Å². The molecule has 2 aromatic heterocycles. The minimum atomic E-state index is 0. The van der Waals surface area contributed by atoms with Gasteiger partial charge in [0, 0.05) is 37.6 Å². The van der Waals surface area contributed by atoms with Crippen molar-refractivity contribution < 1.29 is 20.1 Å². The maximum absolute atomic E-state index is 9.09. The zero-order chi connectivity index (χ0) is 32.2. The Morgan fingerprint density at radius 2 is 1.24 bits per heavy atom. The molecule has 7 heteroatoms. The normalized spacial score (nSPS) is 9.56. The van der Waals surface area contributed by atoms with E-state index in [-0.39, 0.29) is 20.1 Å². The zero-order valence-corrected chi connectivity index (χ0v) is 29.0. The summed E-state index contributed by atoms with van der Waals surface area (Å²) in [5, 5.41) is 24.0. The third-order valence-electron chi connectivity index (χ3n) is 6.49. The molecule has 0 saturated carbocycles. The van der Waals surface area contributed by atoms with E-state index in [9.17, 15) is 0 Å². The maximum Gasteiger partial charge on any atom is 0.235 e. The predicted octanol–water partition coefficient (Wildman–Crippen LogP) is 9.59. The van der Waals surface area contributed by atoms with Gasteiger partial charge in [-0.3, -0.25) is 0 Å². The maximum atomic E-state index is 9.09. The smallest absolute Gasteiger partial charge is 0.235 e. The van der Waals surface area contributed by atoms with Gasteiger partial charge in [0.05, 0.1) is 0 Å². The van der Waals surface area contributed by atoms with Crippen LogP contribution in [0.5, 0.6) is 0 Å². The van der Waals surface area contributed by atoms with Gasteiger partial charge in [0.1, 0.15) is 6.57 Å². The van der Waals surface area contributed by atoms with Crippen LogP contribution in [0.3, 0.4) is 0 Å². The quantitative estimate of drug-likeness (QED) is 0.0863. The first-order chi connectivity index (χ1) is 21.4. The fourth-order valence-corrected chi connectivity index (χ4v) is 4.61. The van der Waals surface area contributed by atoms with E-state index in [1.807, 2.05) is 24.3 Å². The van der Waals surface area contributed by atoms with Gasteiger partial charge in [-0.25, -0.2) is 17.7 Å². The molecule has 1 radical (unpaired) electrons. The van der Waals surface area contributed by atoms with Gasteiger partial charge in [0.15, 0.2) is 0 Å². The van der Waals surface area contributed by atoms with Gasteiger partial charge < -0.3 is 20.8 Å². The second-order valence-corrected chi connectivity index (χ2v) is 10.1. The number of benzene rings is 2. The Bertz CT molecular complexity index is 1430. The minimum absolute atomic E-state index is 0. The average Bonchev–Trinajstić information content (AvgIpc) is 3.04. The van der Waals surface area contributed by atoms with Crippen LogP contribution in [-0.4, -0.2) is 22.4 Å². The second-order valence-electron chi connectivity index (χ2n) is 10.1. The van der Waals surface area contributed by atoms with E-state index in [4.69, 9.17) is 32.6 Å². The van der Waals surface area contributed by atoms with Crippen molar-refractivity contribution in [3.8, 4) is 28.6 Å². The Morgan fingerprint density at radius 3 is 1.60 bits per heavy atom. The summed E-state index contributed by atoms with van der Waals surface area (Å²) >= 11 is 0. The molecule has 4 aromatic rings. The van der Waals surface area contributed by atoms with Crippen molar-refractivity contribution in [3.05, 3.63) is 123 Å². The van der Waals surface area contributed by atoms with Gasteiger partial charge in [0.2, 0.25) is 5.69 Å². The molecule has 2 aromatic carbocycles. The molecule has 0 N–H and O–H groups in total. The molecule has 6 nitrogen and oxygen atoms in total. The molecule has 0 aliphatic carbocycles. The van der Waals surface area contributed by atoms with Gasteiger partial charge >= 0.3 is 0 Å². The van der Waals surface area contributed by atoms with Crippen LogP contribution in [0, 0.1) is 30.0 Å².